The van der Waals surface area contributed by atoms with Gasteiger partial charge in [-0.2, -0.15) is 0 Å². The number of amides is 1. The van der Waals surface area contributed by atoms with Gasteiger partial charge < -0.3 is 16.0 Å². The molecule has 0 bridgehead atoms. The van der Waals surface area contributed by atoms with Crippen LogP contribution in [0.1, 0.15) is 20.3 Å². The van der Waals surface area contributed by atoms with E-state index in [1.54, 1.807) is 0 Å². The quantitative estimate of drug-likeness (QED) is 0.719. The monoisotopic (exact) mass is 251 g/mol. The van der Waals surface area contributed by atoms with E-state index in [4.69, 9.17) is 12.2 Å². The third kappa shape index (κ3) is 4.82. The van der Waals surface area contributed by atoms with Crippen molar-refractivity contribution in [3.63, 3.8) is 0 Å². The van der Waals surface area contributed by atoms with Crippen LogP contribution in [0, 0.1) is 0 Å². The van der Waals surface area contributed by atoms with Gasteiger partial charge in [0, 0.05) is 24.3 Å². The van der Waals surface area contributed by atoms with Crippen LogP contribution < -0.4 is 16.0 Å². The molecule has 17 heavy (non-hydrogen) atoms. The number of anilines is 2. The van der Waals surface area contributed by atoms with E-state index in [0.29, 0.717) is 11.5 Å². The molecule has 3 N–H and O–H groups in total. The van der Waals surface area contributed by atoms with Crippen molar-refractivity contribution in [3.05, 3.63) is 24.3 Å². The molecule has 0 saturated heterocycles. The highest BCUT2D eigenvalue weighted by Crippen LogP contribution is 2.15. The molecule has 0 unspecified atom stereocenters. The van der Waals surface area contributed by atoms with Gasteiger partial charge in [-0.1, -0.05) is 13.0 Å². The second kappa shape index (κ2) is 6.85. The van der Waals surface area contributed by atoms with Gasteiger partial charge in [-0.25, -0.2) is 0 Å². The van der Waals surface area contributed by atoms with Crippen LogP contribution >= 0.6 is 12.2 Å². The lowest BCUT2D eigenvalue weighted by molar-refractivity contribution is -0.115. The maximum atomic E-state index is 11.2. The smallest absolute Gasteiger partial charge is 0.224 e. The standard InChI is InChI=1S/C12H17N3OS/c1-3-11(16)14-9-6-5-7-10(8-9)15-12(17)13-4-2/h5-8H,3-4H2,1-2H3,(H,14,16)(H2,13,15,17). The van der Waals surface area contributed by atoms with Crippen molar-refractivity contribution in [3.8, 4) is 0 Å². The molecule has 0 radical (unpaired) electrons. The normalized spacial score (nSPS) is 9.53. The molecule has 0 aromatic heterocycles. The summed E-state index contributed by atoms with van der Waals surface area (Å²) in [6, 6.07) is 7.44. The molecule has 5 heteroatoms. The van der Waals surface area contributed by atoms with E-state index < -0.39 is 0 Å². The molecular weight excluding hydrogens is 234 g/mol. The fourth-order valence-corrected chi connectivity index (χ4v) is 1.52. The SMILES string of the molecule is CCNC(=S)Nc1cccc(NC(=O)CC)c1. The summed E-state index contributed by atoms with van der Waals surface area (Å²) in [5.41, 5.74) is 1.62. The first-order valence-corrected chi connectivity index (χ1v) is 6.01. The lowest BCUT2D eigenvalue weighted by atomic mass is 10.2. The van der Waals surface area contributed by atoms with E-state index in [0.717, 1.165) is 17.9 Å². The Labute approximate surface area is 107 Å². The van der Waals surface area contributed by atoms with Crippen LogP contribution in [0.3, 0.4) is 0 Å². The van der Waals surface area contributed by atoms with Crippen LogP contribution in [0.25, 0.3) is 0 Å². The predicted octanol–water partition coefficient (Wildman–Crippen LogP) is 2.34. The van der Waals surface area contributed by atoms with E-state index in [1.165, 1.54) is 0 Å². The number of nitrogens with one attached hydrogen (secondary N) is 3. The summed E-state index contributed by atoms with van der Waals surface area (Å²) in [5, 5.41) is 9.41. The van der Waals surface area contributed by atoms with Crippen LogP contribution in [0.4, 0.5) is 11.4 Å². The average Bonchev–Trinajstić information content (AvgIpc) is 2.29. The number of rotatable bonds is 4. The van der Waals surface area contributed by atoms with Crippen molar-refractivity contribution in [1.29, 1.82) is 0 Å². The van der Waals surface area contributed by atoms with Crippen molar-refractivity contribution in [2.24, 2.45) is 0 Å². The molecule has 0 aliphatic rings. The molecule has 1 aromatic rings. The summed E-state index contributed by atoms with van der Waals surface area (Å²) in [6.07, 6.45) is 0.466. The van der Waals surface area contributed by atoms with Gasteiger partial charge in [-0.05, 0) is 37.3 Å². The molecule has 1 rings (SSSR count). The number of hydrogen-bond donors (Lipinski definition) is 3. The highest BCUT2D eigenvalue weighted by atomic mass is 32.1. The fraction of sp³-hybridized carbons (Fsp3) is 0.333. The number of benzene rings is 1. The predicted molar refractivity (Wildman–Crippen MR) is 75.3 cm³/mol. The molecule has 0 spiro atoms. The molecule has 92 valence electrons. The number of hydrogen-bond acceptors (Lipinski definition) is 2. The minimum absolute atomic E-state index is 0.00332. The van der Waals surface area contributed by atoms with Gasteiger partial charge in [0.1, 0.15) is 0 Å². The molecule has 0 saturated carbocycles. The van der Waals surface area contributed by atoms with Gasteiger partial charge >= 0.3 is 0 Å². The van der Waals surface area contributed by atoms with Gasteiger partial charge in [-0.3, -0.25) is 4.79 Å². The molecule has 4 nitrogen and oxygen atoms in total. The minimum atomic E-state index is -0.00332. The lowest BCUT2D eigenvalue weighted by Crippen LogP contribution is -2.27. The van der Waals surface area contributed by atoms with Crippen LogP contribution in [0.2, 0.25) is 0 Å². The Balaban J connectivity index is 2.65. The summed E-state index contributed by atoms with van der Waals surface area (Å²) in [6.45, 7) is 4.57. The molecule has 0 heterocycles. The maximum Gasteiger partial charge on any atom is 0.224 e. The third-order valence-corrected chi connectivity index (χ3v) is 2.31. The zero-order valence-electron chi connectivity index (χ0n) is 10.0. The highest BCUT2D eigenvalue weighted by Gasteiger charge is 2.01. The van der Waals surface area contributed by atoms with Gasteiger partial charge in [0.2, 0.25) is 5.91 Å². The van der Waals surface area contributed by atoms with Gasteiger partial charge in [0.25, 0.3) is 0 Å². The Morgan fingerprint density at radius 1 is 1.24 bits per heavy atom. The largest absolute Gasteiger partial charge is 0.363 e. The van der Waals surface area contributed by atoms with E-state index >= 15 is 0 Å². The third-order valence-electron chi connectivity index (χ3n) is 2.06. The summed E-state index contributed by atoms with van der Waals surface area (Å²) < 4.78 is 0. The van der Waals surface area contributed by atoms with E-state index in [-0.39, 0.29) is 5.91 Å². The topological polar surface area (TPSA) is 53.2 Å². The van der Waals surface area contributed by atoms with Gasteiger partial charge in [-0.15, -0.1) is 0 Å². The summed E-state index contributed by atoms with van der Waals surface area (Å²) in [7, 11) is 0. The summed E-state index contributed by atoms with van der Waals surface area (Å²) >= 11 is 5.08. The summed E-state index contributed by atoms with van der Waals surface area (Å²) in [5.74, 6) is -0.00332. The second-order valence-corrected chi connectivity index (χ2v) is 3.88. The number of carbonyl (C=O) groups excluding carboxylic acids is 1. The zero-order chi connectivity index (χ0) is 12.7. The first-order chi connectivity index (χ1) is 8.15. The minimum Gasteiger partial charge on any atom is -0.363 e. The Morgan fingerprint density at radius 2 is 1.88 bits per heavy atom. The van der Waals surface area contributed by atoms with Gasteiger partial charge in [0.05, 0.1) is 0 Å². The zero-order valence-corrected chi connectivity index (χ0v) is 10.9. The van der Waals surface area contributed by atoms with Crippen molar-refractivity contribution in [2.45, 2.75) is 20.3 Å². The molecule has 1 amide bonds. The Kier molecular flexibility index (Phi) is 5.42. The maximum absolute atomic E-state index is 11.2. The Bertz CT molecular complexity index is 406. The van der Waals surface area contributed by atoms with Crippen LogP contribution in [-0.2, 0) is 4.79 Å². The van der Waals surface area contributed by atoms with Crippen molar-refractivity contribution < 1.29 is 4.79 Å². The molecule has 1 aromatic carbocycles. The number of thiocarbonyl (C=S) groups is 1. The molecule has 0 aliphatic heterocycles. The second-order valence-electron chi connectivity index (χ2n) is 3.47. The van der Waals surface area contributed by atoms with Crippen LogP contribution in [-0.4, -0.2) is 17.6 Å². The molecular formula is C12H17N3OS. The average molecular weight is 251 g/mol. The van der Waals surface area contributed by atoms with Crippen LogP contribution in [0.15, 0.2) is 24.3 Å². The first-order valence-electron chi connectivity index (χ1n) is 5.60. The first kappa shape index (κ1) is 13.4. The van der Waals surface area contributed by atoms with Gasteiger partial charge in [0.15, 0.2) is 5.11 Å². The van der Waals surface area contributed by atoms with E-state index in [2.05, 4.69) is 16.0 Å². The van der Waals surface area contributed by atoms with E-state index in [9.17, 15) is 4.79 Å². The highest BCUT2D eigenvalue weighted by molar-refractivity contribution is 7.80. The van der Waals surface area contributed by atoms with Crippen molar-refractivity contribution >= 4 is 34.6 Å². The molecule has 0 aliphatic carbocycles. The van der Waals surface area contributed by atoms with Crippen molar-refractivity contribution in [2.75, 3.05) is 17.2 Å². The van der Waals surface area contributed by atoms with Crippen LogP contribution in [0.5, 0.6) is 0 Å². The number of carbonyl (C=O) groups is 1. The fourth-order valence-electron chi connectivity index (χ4n) is 1.26. The Morgan fingerprint density at radius 3 is 2.47 bits per heavy atom. The molecule has 0 atom stereocenters. The summed E-state index contributed by atoms with van der Waals surface area (Å²) in [4.78, 5) is 11.2. The molecule has 0 fully saturated rings. The van der Waals surface area contributed by atoms with E-state index in [1.807, 2.05) is 38.1 Å². The lowest BCUT2D eigenvalue weighted by Gasteiger charge is -2.10. The van der Waals surface area contributed by atoms with Crippen molar-refractivity contribution in [1.82, 2.24) is 5.32 Å². The Hall–Kier alpha value is -1.62.